The zero-order chi connectivity index (χ0) is 16.3. The molecule has 0 rings (SSSR count). The van der Waals surface area contributed by atoms with Crippen LogP contribution >= 0.6 is 0 Å². The standard InChI is InChI=1S/C18H32O3/c1-7-18(5,21-8-2)13-12-15(3)10-9-11-16(4)14-17(19)20-6/h9,11,14-15H,7-8,10,12-13H2,1-6H3/b11-9+,16-14+. The number of hydrogen-bond donors (Lipinski definition) is 0. The zero-order valence-electron chi connectivity index (χ0n) is 14.6. The Hall–Kier alpha value is -1.09. The molecule has 0 fully saturated rings. The highest BCUT2D eigenvalue weighted by molar-refractivity contribution is 5.83. The molecule has 0 spiro atoms. The van der Waals surface area contributed by atoms with E-state index in [9.17, 15) is 4.79 Å². The average Bonchev–Trinajstić information content (AvgIpc) is 2.45. The smallest absolute Gasteiger partial charge is 0.330 e. The van der Waals surface area contributed by atoms with Crippen LogP contribution in [0.5, 0.6) is 0 Å². The molecule has 122 valence electrons. The number of rotatable bonds is 10. The Morgan fingerprint density at radius 2 is 2.00 bits per heavy atom. The van der Waals surface area contributed by atoms with Crippen molar-refractivity contribution in [3.05, 3.63) is 23.8 Å². The Labute approximate surface area is 130 Å². The fraction of sp³-hybridized carbons (Fsp3) is 0.722. The van der Waals surface area contributed by atoms with Gasteiger partial charge in [0.05, 0.1) is 12.7 Å². The number of carbonyl (C=O) groups excluding carboxylic acids is 1. The summed E-state index contributed by atoms with van der Waals surface area (Å²) >= 11 is 0. The molecule has 2 unspecified atom stereocenters. The number of allylic oxidation sites excluding steroid dienone is 3. The van der Waals surface area contributed by atoms with Crippen LogP contribution in [0, 0.1) is 5.92 Å². The summed E-state index contributed by atoms with van der Waals surface area (Å²) in [6.45, 7) is 11.4. The summed E-state index contributed by atoms with van der Waals surface area (Å²) in [5, 5.41) is 0. The molecule has 3 nitrogen and oxygen atoms in total. The van der Waals surface area contributed by atoms with Crippen LogP contribution in [-0.2, 0) is 14.3 Å². The summed E-state index contributed by atoms with van der Waals surface area (Å²) in [5.41, 5.74) is 0.926. The van der Waals surface area contributed by atoms with Crippen LogP contribution in [0.25, 0.3) is 0 Å². The molecule has 0 amide bonds. The SMILES string of the molecule is CCOC(C)(CC)CCC(C)C/C=C/C(C)=C/C(=O)OC. The third kappa shape index (κ3) is 9.46. The lowest BCUT2D eigenvalue weighted by molar-refractivity contribution is -0.134. The maximum absolute atomic E-state index is 11.1. The fourth-order valence-corrected chi connectivity index (χ4v) is 2.15. The molecule has 0 aliphatic heterocycles. The van der Waals surface area contributed by atoms with Gasteiger partial charge in [-0.2, -0.15) is 0 Å². The van der Waals surface area contributed by atoms with Gasteiger partial charge in [-0.3, -0.25) is 0 Å². The van der Waals surface area contributed by atoms with Crippen molar-refractivity contribution in [3.8, 4) is 0 Å². The molecule has 2 atom stereocenters. The largest absolute Gasteiger partial charge is 0.466 e. The third-order valence-electron chi connectivity index (χ3n) is 3.87. The van der Waals surface area contributed by atoms with Gasteiger partial charge in [-0.25, -0.2) is 4.79 Å². The van der Waals surface area contributed by atoms with Crippen molar-refractivity contribution >= 4 is 5.97 Å². The Morgan fingerprint density at radius 1 is 1.33 bits per heavy atom. The Morgan fingerprint density at radius 3 is 2.52 bits per heavy atom. The van der Waals surface area contributed by atoms with E-state index in [2.05, 4.69) is 38.5 Å². The van der Waals surface area contributed by atoms with Crippen molar-refractivity contribution in [1.82, 2.24) is 0 Å². The minimum absolute atomic E-state index is 0.00737. The van der Waals surface area contributed by atoms with E-state index >= 15 is 0 Å². The van der Waals surface area contributed by atoms with Crippen molar-refractivity contribution in [2.45, 2.75) is 65.9 Å². The Kier molecular flexibility index (Phi) is 10.1. The van der Waals surface area contributed by atoms with Crippen molar-refractivity contribution in [2.24, 2.45) is 5.92 Å². The second-order valence-electron chi connectivity index (χ2n) is 5.93. The predicted molar refractivity (Wildman–Crippen MR) is 88.3 cm³/mol. The first-order valence-corrected chi connectivity index (χ1v) is 7.93. The molecule has 0 radical (unpaired) electrons. The quantitative estimate of drug-likeness (QED) is 0.334. The first-order chi connectivity index (χ1) is 9.86. The molecule has 0 aromatic heterocycles. The molecule has 0 aromatic carbocycles. The normalized spacial score (nSPS) is 16.8. The molecule has 0 saturated heterocycles. The second-order valence-corrected chi connectivity index (χ2v) is 5.93. The fourth-order valence-electron chi connectivity index (χ4n) is 2.15. The lowest BCUT2D eigenvalue weighted by atomic mass is 9.90. The van der Waals surface area contributed by atoms with Crippen LogP contribution in [0.2, 0.25) is 0 Å². The molecular weight excluding hydrogens is 264 g/mol. The van der Waals surface area contributed by atoms with E-state index < -0.39 is 0 Å². The summed E-state index contributed by atoms with van der Waals surface area (Å²) in [6, 6.07) is 0. The summed E-state index contributed by atoms with van der Waals surface area (Å²) in [7, 11) is 1.39. The Balaban J connectivity index is 4.18. The van der Waals surface area contributed by atoms with Gasteiger partial charge >= 0.3 is 5.97 Å². The highest BCUT2D eigenvalue weighted by Crippen LogP contribution is 2.25. The number of esters is 1. The monoisotopic (exact) mass is 296 g/mol. The molecule has 0 heterocycles. The topological polar surface area (TPSA) is 35.5 Å². The van der Waals surface area contributed by atoms with Crippen LogP contribution in [0.1, 0.15) is 60.3 Å². The van der Waals surface area contributed by atoms with E-state index in [1.807, 2.05) is 13.0 Å². The number of methoxy groups -OCH3 is 1. The van der Waals surface area contributed by atoms with Crippen LogP contribution in [0.3, 0.4) is 0 Å². The summed E-state index contributed by atoms with van der Waals surface area (Å²) in [5.74, 6) is 0.305. The van der Waals surface area contributed by atoms with Crippen molar-refractivity contribution < 1.29 is 14.3 Å². The van der Waals surface area contributed by atoms with Gasteiger partial charge < -0.3 is 9.47 Å². The van der Waals surface area contributed by atoms with Gasteiger partial charge in [-0.15, -0.1) is 0 Å². The van der Waals surface area contributed by atoms with E-state index in [-0.39, 0.29) is 11.6 Å². The van der Waals surface area contributed by atoms with Crippen LogP contribution < -0.4 is 0 Å². The van der Waals surface area contributed by atoms with Gasteiger partial charge in [-0.05, 0) is 57.9 Å². The van der Waals surface area contributed by atoms with Gasteiger partial charge in [0, 0.05) is 12.7 Å². The van der Waals surface area contributed by atoms with E-state index in [0.29, 0.717) is 5.92 Å². The summed E-state index contributed by atoms with van der Waals surface area (Å²) < 4.78 is 10.4. The van der Waals surface area contributed by atoms with Gasteiger partial charge in [0.25, 0.3) is 0 Å². The van der Waals surface area contributed by atoms with Crippen molar-refractivity contribution in [3.63, 3.8) is 0 Å². The lowest BCUT2D eigenvalue weighted by Gasteiger charge is -2.29. The zero-order valence-corrected chi connectivity index (χ0v) is 14.6. The second kappa shape index (κ2) is 10.6. The highest BCUT2D eigenvalue weighted by Gasteiger charge is 2.22. The third-order valence-corrected chi connectivity index (χ3v) is 3.87. The molecule has 0 aliphatic rings. The highest BCUT2D eigenvalue weighted by atomic mass is 16.5. The maximum atomic E-state index is 11.1. The molecule has 0 N–H and O–H groups in total. The van der Waals surface area contributed by atoms with E-state index in [4.69, 9.17) is 4.74 Å². The van der Waals surface area contributed by atoms with Gasteiger partial charge in [-0.1, -0.05) is 26.0 Å². The minimum atomic E-state index is -0.305. The first-order valence-electron chi connectivity index (χ1n) is 7.93. The van der Waals surface area contributed by atoms with Crippen LogP contribution in [0.4, 0.5) is 0 Å². The molecule has 3 heteroatoms. The number of carbonyl (C=O) groups is 1. The molecule has 21 heavy (non-hydrogen) atoms. The van der Waals surface area contributed by atoms with E-state index in [1.54, 1.807) is 0 Å². The number of ether oxygens (including phenoxy) is 2. The van der Waals surface area contributed by atoms with E-state index in [0.717, 1.165) is 37.9 Å². The maximum Gasteiger partial charge on any atom is 0.330 e. The summed E-state index contributed by atoms with van der Waals surface area (Å²) in [6.07, 6.45) is 9.91. The predicted octanol–water partition coefficient (Wildman–Crippen LogP) is 4.67. The van der Waals surface area contributed by atoms with Crippen LogP contribution in [0.15, 0.2) is 23.8 Å². The first kappa shape index (κ1) is 19.9. The van der Waals surface area contributed by atoms with Crippen LogP contribution in [-0.4, -0.2) is 25.3 Å². The molecular formula is C18H32O3. The lowest BCUT2D eigenvalue weighted by Crippen LogP contribution is -2.28. The average molecular weight is 296 g/mol. The van der Waals surface area contributed by atoms with Gasteiger partial charge in [0.1, 0.15) is 0 Å². The minimum Gasteiger partial charge on any atom is -0.466 e. The molecule has 0 aliphatic carbocycles. The molecule has 0 bridgehead atoms. The Bertz CT molecular complexity index is 357. The summed E-state index contributed by atoms with van der Waals surface area (Å²) in [4.78, 5) is 11.1. The van der Waals surface area contributed by atoms with E-state index in [1.165, 1.54) is 13.2 Å². The molecule has 0 aromatic rings. The van der Waals surface area contributed by atoms with Crippen molar-refractivity contribution in [2.75, 3.05) is 13.7 Å². The molecule has 0 saturated carbocycles. The van der Waals surface area contributed by atoms with Gasteiger partial charge in [0.2, 0.25) is 0 Å². The van der Waals surface area contributed by atoms with Gasteiger partial charge in [0.15, 0.2) is 0 Å². The van der Waals surface area contributed by atoms with Crippen molar-refractivity contribution in [1.29, 1.82) is 0 Å². The number of hydrogen-bond acceptors (Lipinski definition) is 3.